The summed E-state index contributed by atoms with van der Waals surface area (Å²) in [6.45, 7) is 4.12. The van der Waals surface area contributed by atoms with Crippen molar-refractivity contribution in [1.82, 2.24) is 15.0 Å². The molecule has 88 valence electrons. The summed E-state index contributed by atoms with van der Waals surface area (Å²) in [5.74, 6) is 0.118. The van der Waals surface area contributed by atoms with Gasteiger partial charge in [0, 0.05) is 17.8 Å². The van der Waals surface area contributed by atoms with E-state index in [9.17, 15) is 4.79 Å². The molecule has 2 aromatic rings. The summed E-state index contributed by atoms with van der Waals surface area (Å²) in [6, 6.07) is 0. The Balaban J connectivity index is 2.08. The minimum Gasteiger partial charge on any atom is -0.298 e. The number of hydrogen-bond acceptors (Lipinski definition) is 5. The molecule has 1 amide bonds. The molecule has 1 N–H and O–H groups in total. The molecule has 0 unspecified atom stereocenters. The average Bonchev–Trinajstić information content (AvgIpc) is 2.79. The molecule has 0 saturated carbocycles. The highest BCUT2D eigenvalue weighted by molar-refractivity contribution is 7.14. The van der Waals surface area contributed by atoms with E-state index in [-0.39, 0.29) is 5.91 Å². The van der Waals surface area contributed by atoms with Gasteiger partial charge < -0.3 is 0 Å². The zero-order valence-electron chi connectivity index (χ0n) is 9.54. The number of nitrogens with zero attached hydrogens (tertiary/aromatic N) is 3. The Hall–Kier alpha value is -1.82. The molecular formula is C11H12N4OS. The molecule has 0 aliphatic carbocycles. The van der Waals surface area contributed by atoms with E-state index >= 15 is 0 Å². The molecular weight excluding hydrogens is 236 g/mol. The van der Waals surface area contributed by atoms with Gasteiger partial charge in [-0.2, -0.15) is 0 Å². The van der Waals surface area contributed by atoms with Crippen LogP contribution in [0.4, 0.5) is 5.13 Å². The second kappa shape index (κ2) is 5.01. The lowest BCUT2D eigenvalue weighted by Gasteiger charge is -2.00. The van der Waals surface area contributed by atoms with Crippen LogP contribution in [0.2, 0.25) is 0 Å². The third-order valence-electron chi connectivity index (χ3n) is 2.16. The number of anilines is 1. The monoisotopic (exact) mass is 248 g/mol. The highest BCUT2D eigenvalue weighted by Crippen LogP contribution is 2.21. The van der Waals surface area contributed by atoms with Crippen molar-refractivity contribution in [3.05, 3.63) is 35.4 Å². The third kappa shape index (κ3) is 2.85. The fraction of sp³-hybridized carbons (Fsp3) is 0.273. The molecule has 0 aliphatic rings. The maximum atomic E-state index is 11.8. The SMILES string of the molecule is CC(C)c1csc(NC(=O)c2cncnc2)n1. The molecule has 2 aromatic heterocycles. The third-order valence-corrected chi connectivity index (χ3v) is 2.93. The number of aromatic nitrogens is 3. The van der Waals surface area contributed by atoms with Gasteiger partial charge in [0.25, 0.3) is 5.91 Å². The standard InChI is InChI=1S/C11H12N4OS/c1-7(2)9-5-17-11(14-9)15-10(16)8-3-12-6-13-4-8/h3-7H,1-2H3,(H,14,15,16). The Morgan fingerprint density at radius 3 is 2.65 bits per heavy atom. The summed E-state index contributed by atoms with van der Waals surface area (Å²) in [6.07, 6.45) is 4.33. The predicted molar refractivity (Wildman–Crippen MR) is 66.2 cm³/mol. The lowest BCUT2D eigenvalue weighted by molar-refractivity contribution is 0.102. The van der Waals surface area contributed by atoms with Crippen LogP contribution in [0.25, 0.3) is 0 Å². The first-order valence-electron chi connectivity index (χ1n) is 5.18. The minimum atomic E-state index is -0.241. The van der Waals surface area contributed by atoms with Crippen LogP contribution in [0, 0.1) is 0 Å². The van der Waals surface area contributed by atoms with Crippen LogP contribution in [0.3, 0.4) is 0 Å². The number of rotatable bonds is 3. The van der Waals surface area contributed by atoms with E-state index < -0.39 is 0 Å². The van der Waals surface area contributed by atoms with Crippen molar-refractivity contribution in [3.8, 4) is 0 Å². The van der Waals surface area contributed by atoms with E-state index in [0.717, 1.165) is 5.69 Å². The summed E-state index contributed by atoms with van der Waals surface area (Å²) in [4.78, 5) is 23.7. The molecule has 0 aromatic carbocycles. The number of nitrogens with one attached hydrogen (secondary N) is 1. The predicted octanol–water partition coefficient (Wildman–Crippen LogP) is 2.31. The summed E-state index contributed by atoms with van der Waals surface area (Å²) >= 11 is 1.42. The minimum absolute atomic E-state index is 0.241. The van der Waals surface area contributed by atoms with E-state index in [1.807, 2.05) is 5.38 Å². The average molecular weight is 248 g/mol. The van der Waals surface area contributed by atoms with E-state index in [1.165, 1.54) is 30.1 Å². The maximum Gasteiger partial charge on any atom is 0.260 e. The quantitative estimate of drug-likeness (QED) is 0.905. The Labute approximate surface area is 103 Å². The van der Waals surface area contributed by atoms with Gasteiger partial charge in [0.2, 0.25) is 0 Å². The van der Waals surface area contributed by atoms with Crippen molar-refractivity contribution in [2.75, 3.05) is 5.32 Å². The Morgan fingerprint density at radius 2 is 2.06 bits per heavy atom. The van der Waals surface area contributed by atoms with Crippen molar-refractivity contribution >= 4 is 22.4 Å². The molecule has 0 aliphatic heterocycles. The Morgan fingerprint density at radius 1 is 1.35 bits per heavy atom. The van der Waals surface area contributed by atoms with Crippen molar-refractivity contribution in [3.63, 3.8) is 0 Å². The van der Waals surface area contributed by atoms with Crippen LogP contribution in [0.15, 0.2) is 24.1 Å². The number of hydrogen-bond donors (Lipinski definition) is 1. The molecule has 17 heavy (non-hydrogen) atoms. The first kappa shape index (κ1) is 11.7. The highest BCUT2D eigenvalue weighted by Gasteiger charge is 2.10. The van der Waals surface area contributed by atoms with E-state index in [1.54, 1.807) is 0 Å². The maximum absolute atomic E-state index is 11.8. The van der Waals surface area contributed by atoms with Gasteiger partial charge in [0.15, 0.2) is 5.13 Å². The van der Waals surface area contributed by atoms with Crippen molar-refractivity contribution in [1.29, 1.82) is 0 Å². The van der Waals surface area contributed by atoms with E-state index in [4.69, 9.17) is 0 Å². The van der Waals surface area contributed by atoms with Crippen LogP contribution in [-0.4, -0.2) is 20.9 Å². The zero-order valence-corrected chi connectivity index (χ0v) is 10.4. The number of thiazole rings is 1. The number of carbonyl (C=O) groups excluding carboxylic acids is 1. The molecule has 0 atom stereocenters. The van der Waals surface area contributed by atoms with Gasteiger partial charge >= 0.3 is 0 Å². The van der Waals surface area contributed by atoms with Crippen LogP contribution < -0.4 is 5.32 Å². The first-order valence-corrected chi connectivity index (χ1v) is 6.06. The second-order valence-corrected chi connectivity index (χ2v) is 4.67. The largest absolute Gasteiger partial charge is 0.298 e. The lowest BCUT2D eigenvalue weighted by atomic mass is 10.2. The fourth-order valence-electron chi connectivity index (χ4n) is 1.19. The van der Waals surface area contributed by atoms with Gasteiger partial charge in [-0.25, -0.2) is 15.0 Å². The number of amides is 1. The fourth-order valence-corrected chi connectivity index (χ4v) is 2.06. The zero-order chi connectivity index (χ0) is 12.3. The Bertz CT molecular complexity index is 509. The van der Waals surface area contributed by atoms with Crippen molar-refractivity contribution in [2.24, 2.45) is 0 Å². The summed E-state index contributed by atoms with van der Waals surface area (Å²) in [7, 11) is 0. The molecule has 0 radical (unpaired) electrons. The van der Waals surface area contributed by atoms with Crippen LogP contribution in [0.5, 0.6) is 0 Å². The normalized spacial score (nSPS) is 10.5. The molecule has 0 fully saturated rings. The molecule has 0 spiro atoms. The molecule has 0 bridgehead atoms. The van der Waals surface area contributed by atoms with Gasteiger partial charge in [-0.1, -0.05) is 13.8 Å². The molecule has 6 heteroatoms. The molecule has 5 nitrogen and oxygen atoms in total. The van der Waals surface area contributed by atoms with Gasteiger partial charge in [-0.3, -0.25) is 10.1 Å². The Kier molecular flexibility index (Phi) is 3.43. The second-order valence-electron chi connectivity index (χ2n) is 3.81. The summed E-state index contributed by atoms with van der Waals surface area (Å²) in [5.41, 5.74) is 1.41. The highest BCUT2D eigenvalue weighted by atomic mass is 32.1. The van der Waals surface area contributed by atoms with E-state index in [2.05, 4.69) is 34.1 Å². The summed E-state index contributed by atoms with van der Waals surface area (Å²) in [5, 5.41) is 5.27. The molecule has 2 heterocycles. The van der Waals surface area contributed by atoms with Crippen LogP contribution in [-0.2, 0) is 0 Å². The van der Waals surface area contributed by atoms with Crippen LogP contribution >= 0.6 is 11.3 Å². The van der Waals surface area contributed by atoms with Crippen molar-refractivity contribution in [2.45, 2.75) is 19.8 Å². The lowest BCUT2D eigenvalue weighted by Crippen LogP contribution is -2.12. The first-order chi connectivity index (χ1) is 8.16. The van der Waals surface area contributed by atoms with Crippen LogP contribution in [0.1, 0.15) is 35.8 Å². The summed E-state index contributed by atoms with van der Waals surface area (Å²) < 4.78 is 0. The smallest absolute Gasteiger partial charge is 0.260 e. The van der Waals surface area contributed by atoms with Gasteiger partial charge in [0.1, 0.15) is 6.33 Å². The van der Waals surface area contributed by atoms with Gasteiger partial charge in [0.05, 0.1) is 11.3 Å². The molecule has 2 rings (SSSR count). The van der Waals surface area contributed by atoms with Crippen molar-refractivity contribution < 1.29 is 4.79 Å². The topological polar surface area (TPSA) is 67.8 Å². The molecule has 0 saturated heterocycles. The van der Waals surface area contributed by atoms with Gasteiger partial charge in [-0.05, 0) is 5.92 Å². The van der Waals surface area contributed by atoms with Gasteiger partial charge in [-0.15, -0.1) is 11.3 Å². The number of carbonyl (C=O) groups is 1. The van der Waals surface area contributed by atoms with E-state index in [0.29, 0.717) is 16.6 Å².